The molecule has 1 aliphatic carbocycles. The molecular weight excluding hydrogens is 248 g/mol. The van der Waals surface area contributed by atoms with Crippen molar-refractivity contribution in [3.05, 3.63) is 0 Å². The smallest absolute Gasteiger partial charge is 0.243 e. The van der Waals surface area contributed by atoms with Crippen molar-refractivity contribution >= 4 is 17.7 Å². The average molecular weight is 272 g/mol. The minimum Gasteiger partial charge on any atom is -0.377 e. The molecule has 0 aromatic carbocycles. The van der Waals surface area contributed by atoms with Crippen molar-refractivity contribution in [1.82, 2.24) is 4.90 Å². The Labute approximate surface area is 114 Å². The second-order valence-electron chi connectivity index (χ2n) is 6.00. The summed E-state index contributed by atoms with van der Waals surface area (Å²) in [7, 11) is 1.85. The van der Waals surface area contributed by atoms with Crippen molar-refractivity contribution < 1.29 is 9.53 Å². The van der Waals surface area contributed by atoms with Crippen LogP contribution in [0.5, 0.6) is 0 Å². The molecule has 3 atom stereocenters. The molecule has 0 spiro atoms. The largest absolute Gasteiger partial charge is 0.377 e. The molecule has 0 aromatic rings. The number of amides is 1. The van der Waals surface area contributed by atoms with E-state index in [0.29, 0.717) is 0 Å². The Bertz CT molecular complexity index is 348. The van der Waals surface area contributed by atoms with Crippen molar-refractivity contribution in [2.75, 3.05) is 32.2 Å². The summed E-state index contributed by atoms with van der Waals surface area (Å²) in [6, 6.07) is 0. The van der Waals surface area contributed by atoms with Gasteiger partial charge in [0, 0.05) is 37.3 Å². The van der Waals surface area contributed by atoms with Gasteiger partial charge in [0.15, 0.2) is 0 Å². The number of hydrogen-bond donors (Lipinski definition) is 1. The monoisotopic (exact) mass is 272 g/mol. The van der Waals surface area contributed by atoms with Gasteiger partial charge in [-0.3, -0.25) is 4.79 Å². The number of thioether (sulfide) groups is 1. The number of fused-ring (bicyclic) bond motifs is 1. The number of rotatable bonds is 4. The maximum atomic E-state index is 12.6. The van der Waals surface area contributed by atoms with Gasteiger partial charge in [-0.2, -0.15) is 11.8 Å². The summed E-state index contributed by atoms with van der Waals surface area (Å²) >= 11 is 1.74. The fourth-order valence-electron chi connectivity index (χ4n) is 3.46. The summed E-state index contributed by atoms with van der Waals surface area (Å²) in [5.74, 6) is 1.22. The van der Waals surface area contributed by atoms with E-state index in [0.717, 1.165) is 25.3 Å². The third-order valence-electron chi connectivity index (χ3n) is 4.79. The van der Waals surface area contributed by atoms with Crippen LogP contribution in [0.25, 0.3) is 0 Å². The molecule has 104 valence electrons. The van der Waals surface area contributed by atoms with Crippen LogP contribution in [-0.4, -0.2) is 54.7 Å². The number of nitrogens with zero attached hydrogens (tertiary/aromatic N) is 1. The molecule has 18 heavy (non-hydrogen) atoms. The van der Waals surface area contributed by atoms with Gasteiger partial charge in [0.1, 0.15) is 5.54 Å². The lowest BCUT2D eigenvalue weighted by atomic mass is 9.47. The fourth-order valence-corrected chi connectivity index (χ4v) is 3.92. The normalized spacial score (nSPS) is 36.9. The number of carbonyl (C=O) groups is 1. The highest BCUT2D eigenvalue weighted by Crippen LogP contribution is 2.58. The fraction of sp³-hybridized carbons (Fsp3) is 0.923. The first-order valence-electron chi connectivity index (χ1n) is 6.52. The summed E-state index contributed by atoms with van der Waals surface area (Å²) in [5.41, 5.74) is 5.49. The Morgan fingerprint density at radius 1 is 1.56 bits per heavy atom. The van der Waals surface area contributed by atoms with Gasteiger partial charge < -0.3 is 15.4 Å². The van der Waals surface area contributed by atoms with Crippen molar-refractivity contribution in [2.24, 2.45) is 17.1 Å². The van der Waals surface area contributed by atoms with Crippen LogP contribution in [0, 0.1) is 11.3 Å². The molecule has 0 radical (unpaired) electrons. The van der Waals surface area contributed by atoms with Gasteiger partial charge in [0.2, 0.25) is 5.91 Å². The van der Waals surface area contributed by atoms with E-state index in [4.69, 9.17) is 10.5 Å². The standard InChI is InChI=1S/C13H24N2O2S/c1-12(2)10-9(5-7-17-10)13(12,14)11(16)15(3)6-8-18-4/h9-10H,5-8,14H2,1-4H3. The first-order valence-corrected chi connectivity index (χ1v) is 7.91. The van der Waals surface area contributed by atoms with Gasteiger partial charge >= 0.3 is 0 Å². The van der Waals surface area contributed by atoms with Crippen molar-refractivity contribution in [1.29, 1.82) is 0 Å². The molecule has 2 aliphatic rings. The zero-order valence-corrected chi connectivity index (χ0v) is 12.5. The first-order chi connectivity index (χ1) is 8.37. The molecule has 0 bridgehead atoms. The molecule has 1 saturated heterocycles. The second-order valence-corrected chi connectivity index (χ2v) is 6.98. The maximum Gasteiger partial charge on any atom is 0.243 e. The molecule has 2 fully saturated rings. The van der Waals surface area contributed by atoms with E-state index in [9.17, 15) is 4.79 Å². The molecule has 1 aliphatic heterocycles. The van der Waals surface area contributed by atoms with Crippen molar-refractivity contribution in [2.45, 2.75) is 31.9 Å². The zero-order valence-electron chi connectivity index (χ0n) is 11.7. The highest BCUT2D eigenvalue weighted by Gasteiger charge is 2.71. The van der Waals surface area contributed by atoms with Crippen LogP contribution in [0.3, 0.4) is 0 Å². The number of hydrogen-bond acceptors (Lipinski definition) is 4. The van der Waals surface area contributed by atoms with Crippen LogP contribution >= 0.6 is 11.8 Å². The molecule has 1 saturated carbocycles. The summed E-state index contributed by atoms with van der Waals surface area (Å²) in [6.45, 7) is 5.60. The molecule has 3 unspecified atom stereocenters. The minimum absolute atomic E-state index is 0.0771. The summed E-state index contributed by atoms with van der Waals surface area (Å²) in [6.07, 6.45) is 3.11. The lowest BCUT2D eigenvalue weighted by Gasteiger charge is -2.61. The molecular formula is C13H24N2O2S. The third-order valence-corrected chi connectivity index (χ3v) is 5.38. The lowest BCUT2D eigenvalue weighted by Crippen LogP contribution is -2.80. The van der Waals surface area contributed by atoms with Gasteiger partial charge in [-0.25, -0.2) is 0 Å². The van der Waals surface area contributed by atoms with Crippen LogP contribution in [0.4, 0.5) is 0 Å². The summed E-state index contributed by atoms with van der Waals surface area (Å²) in [5, 5.41) is 0. The molecule has 1 amide bonds. The summed E-state index contributed by atoms with van der Waals surface area (Å²) in [4.78, 5) is 14.4. The van der Waals surface area contributed by atoms with Crippen LogP contribution in [0.1, 0.15) is 20.3 Å². The second kappa shape index (κ2) is 4.69. The molecule has 2 rings (SSSR count). The molecule has 0 aromatic heterocycles. The Balaban J connectivity index is 2.13. The van der Waals surface area contributed by atoms with Crippen LogP contribution in [0.2, 0.25) is 0 Å². The van der Waals surface area contributed by atoms with Crippen molar-refractivity contribution in [3.63, 3.8) is 0 Å². The van der Waals surface area contributed by atoms with Crippen molar-refractivity contribution in [3.8, 4) is 0 Å². The van der Waals surface area contributed by atoms with E-state index < -0.39 is 5.54 Å². The number of ether oxygens (including phenoxy) is 1. The Morgan fingerprint density at radius 3 is 2.83 bits per heavy atom. The minimum atomic E-state index is -0.749. The Kier molecular flexibility index (Phi) is 3.69. The van der Waals surface area contributed by atoms with Gasteiger partial charge in [-0.1, -0.05) is 13.8 Å². The predicted molar refractivity (Wildman–Crippen MR) is 74.6 cm³/mol. The van der Waals surface area contributed by atoms with Crippen LogP contribution < -0.4 is 5.73 Å². The summed E-state index contributed by atoms with van der Waals surface area (Å²) < 4.78 is 5.72. The predicted octanol–water partition coefficient (Wildman–Crippen LogP) is 0.950. The SMILES string of the molecule is CSCCN(C)C(=O)C1(N)C2CCOC2C1(C)C. The topological polar surface area (TPSA) is 55.6 Å². The first kappa shape index (κ1) is 14.2. The number of carbonyl (C=O) groups excluding carboxylic acids is 1. The molecule has 2 N–H and O–H groups in total. The lowest BCUT2D eigenvalue weighted by molar-refractivity contribution is -0.183. The van der Waals surface area contributed by atoms with Gasteiger partial charge in [-0.15, -0.1) is 0 Å². The highest BCUT2D eigenvalue weighted by molar-refractivity contribution is 7.98. The highest BCUT2D eigenvalue weighted by atomic mass is 32.2. The van der Waals surface area contributed by atoms with E-state index in [-0.39, 0.29) is 23.3 Å². The number of nitrogens with two attached hydrogens (primary N) is 1. The third kappa shape index (κ3) is 1.71. The number of likely N-dealkylation sites (N-methyl/N-ethyl adjacent to an activating group) is 1. The van der Waals surface area contributed by atoms with Gasteiger partial charge in [0.05, 0.1) is 6.10 Å². The quantitative estimate of drug-likeness (QED) is 0.828. The van der Waals surface area contributed by atoms with E-state index in [1.165, 1.54) is 0 Å². The maximum absolute atomic E-state index is 12.6. The molecule has 5 heteroatoms. The zero-order chi connectivity index (χ0) is 13.6. The van der Waals surface area contributed by atoms with E-state index in [2.05, 4.69) is 13.8 Å². The van der Waals surface area contributed by atoms with Crippen LogP contribution in [-0.2, 0) is 9.53 Å². The van der Waals surface area contributed by atoms with E-state index >= 15 is 0 Å². The average Bonchev–Trinajstić information content (AvgIpc) is 2.81. The van der Waals surface area contributed by atoms with E-state index in [1.807, 2.05) is 13.3 Å². The van der Waals surface area contributed by atoms with Gasteiger partial charge in [0.25, 0.3) is 0 Å². The van der Waals surface area contributed by atoms with Gasteiger partial charge in [-0.05, 0) is 12.7 Å². The Hall–Kier alpha value is -0.260. The molecule has 1 heterocycles. The Morgan fingerprint density at radius 2 is 2.22 bits per heavy atom. The van der Waals surface area contributed by atoms with E-state index in [1.54, 1.807) is 16.7 Å². The van der Waals surface area contributed by atoms with Crippen LogP contribution in [0.15, 0.2) is 0 Å². The molecule has 4 nitrogen and oxygen atoms in total.